The van der Waals surface area contributed by atoms with E-state index >= 15 is 0 Å². The van der Waals surface area contributed by atoms with Crippen molar-refractivity contribution in [3.63, 3.8) is 0 Å². The fraction of sp³-hybridized carbons (Fsp3) is 0.174. The van der Waals surface area contributed by atoms with Crippen LogP contribution in [0.15, 0.2) is 70.0 Å². The van der Waals surface area contributed by atoms with Gasteiger partial charge in [-0.05, 0) is 60.4 Å². The zero-order valence-corrected chi connectivity index (χ0v) is 15.9. The highest BCUT2D eigenvalue weighted by Crippen LogP contribution is 2.37. The Labute approximate surface area is 166 Å². The second-order valence-corrected chi connectivity index (χ2v) is 7.39. The van der Waals surface area contributed by atoms with Crippen LogP contribution in [0.3, 0.4) is 0 Å². The summed E-state index contributed by atoms with van der Waals surface area (Å²) in [5.41, 5.74) is 5.95. The Bertz CT molecular complexity index is 1290. The van der Waals surface area contributed by atoms with Gasteiger partial charge in [-0.1, -0.05) is 24.3 Å². The van der Waals surface area contributed by atoms with Gasteiger partial charge in [0.1, 0.15) is 0 Å². The summed E-state index contributed by atoms with van der Waals surface area (Å²) in [5, 5.41) is 0. The molecule has 1 atom stereocenters. The SMILES string of the molecule is Cc1cc(CC2c3ccccc3C(=O)N2Cc2ccc3[nH]c(=O)oc3c2)ccn1. The van der Waals surface area contributed by atoms with E-state index in [-0.39, 0.29) is 11.9 Å². The number of carbonyl (C=O) groups excluding carboxylic acids is 1. The Morgan fingerprint density at radius 3 is 2.79 bits per heavy atom. The number of aryl methyl sites for hydroxylation is 1. The molecule has 2 aromatic heterocycles. The molecule has 4 aromatic rings. The van der Waals surface area contributed by atoms with Crippen LogP contribution in [0.2, 0.25) is 0 Å². The molecule has 0 saturated carbocycles. The van der Waals surface area contributed by atoms with Crippen molar-refractivity contribution < 1.29 is 9.21 Å². The predicted octanol–water partition coefficient (Wildman–Crippen LogP) is 3.76. The zero-order valence-electron chi connectivity index (χ0n) is 15.9. The van der Waals surface area contributed by atoms with Gasteiger partial charge in [0.2, 0.25) is 0 Å². The molecule has 1 unspecified atom stereocenters. The van der Waals surface area contributed by atoms with Crippen LogP contribution in [0.4, 0.5) is 0 Å². The molecule has 6 heteroatoms. The standard InChI is InChI=1S/C23H19N3O3/c1-14-10-15(8-9-24-14)11-20-17-4-2-3-5-18(17)22(27)26(20)13-16-6-7-19-21(12-16)29-23(28)25-19/h2-10,12,20H,11,13H2,1H3,(H,25,28). The van der Waals surface area contributed by atoms with Crippen LogP contribution in [0.25, 0.3) is 11.1 Å². The summed E-state index contributed by atoms with van der Waals surface area (Å²) >= 11 is 0. The summed E-state index contributed by atoms with van der Waals surface area (Å²) in [7, 11) is 0. The molecular weight excluding hydrogens is 366 g/mol. The third-order valence-electron chi connectivity index (χ3n) is 5.42. The molecule has 1 aliphatic heterocycles. The highest BCUT2D eigenvalue weighted by Gasteiger charge is 2.36. The van der Waals surface area contributed by atoms with E-state index in [4.69, 9.17) is 4.42 Å². The molecule has 0 radical (unpaired) electrons. The first-order chi connectivity index (χ1) is 14.1. The molecule has 6 nitrogen and oxygen atoms in total. The van der Waals surface area contributed by atoms with Crippen molar-refractivity contribution in [3.05, 3.63) is 99.3 Å². The van der Waals surface area contributed by atoms with Crippen LogP contribution < -0.4 is 5.76 Å². The molecule has 144 valence electrons. The molecule has 0 saturated heterocycles. The lowest BCUT2D eigenvalue weighted by Gasteiger charge is -2.26. The van der Waals surface area contributed by atoms with Gasteiger partial charge in [0.05, 0.1) is 11.6 Å². The second kappa shape index (κ2) is 6.74. The fourth-order valence-corrected chi connectivity index (χ4v) is 4.09. The van der Waals surface area contributed by atoms with Gasteiger partial charge in [0, 0.05) is 24.0 Å². The first-order valence-electron chi connectivity index (χ1n) is 9.52. The van der Waals surface area contributed by atoms with Crippen molar-refractivity contribution in [2.45, 2.75) is 25.9 Å². The van der Waals surface area contributed by atoms with E-state index in [0.717, 1.165) is 27.9 Å². The number of H-pyrrole nitrogens is 1. The smallest absolute Gasteiger partial charge is 0.408 e. The average Bonchev–Trinajstić information content (AvgIpc) is 3.20. The van der Waals surface area contributed by atoms with Crippen molar-refractivity contribution in [2.24, 2.45) is 0 Å². The fourth-order valence-electron chi connectivity index (χ4n) is 4.09. The molecule has 0 spiro atoms. The molecule has 0 aliphatic carbocycles. The van der Waals surface area contributed by atoms with Crippen LogP contribution in [0.1, 0.15) is 38.8 Å². The van der Waals surface area contributed by atoms with E-state index in [1.807, 2.05) is 60.4 Å². The number of amides is 1. The molecule has 1 aliphatic rings. The summed E-state index contributed by atoms with van der Waals surface area (Å²) in [6, 6.07) is 17.3. The molecule has 1 amide bonds. The molecule has 5 rings (SSSR count). The van der Waals surface area contributed by atoms with Gasteiger partial charge in [-0.2, -0.15) is 0 Å². The molecule has 1 N–H and O–H groups in total. The predicted molar refractivity (Wildman–Crippen MR) is 109 cm³/mol. The summed E-state index contributed by atoms with van der Waals surface area (Å²) in [4.78, 5) is 33.4. The Balaban J connectivity index is 1.51. The van der Waals surface area contributed by atoms with Crippen molar-refractivity contribution in [1.29, 1.82) is 0 Å². The largest absolute Gasteiger partial charge is 0.417 e. The van der Waals surface area contributed by atoms with Crippen molar-refractivity contribution in [2.75, 3.05) is 0 Å². The van der Waals surface area contributed by atoms with Gasteiger partial charge in [0.25, 0.3) is 5.91 Å². The summed E-state index contributed by atoms with van der Waals surface area (Å²) in [6.07, 6.45) is 2.52. The third-order valence-corrected chi connectivity index (χ3v) is 5.42. The lowest BCUT2D eigenvalue weighted by molar-refractivity contribution is 0.0709. The number of carbonyl (C=O) groups is 1. The maximum atomic E-state index is 13.2. The van der Waals surface area contributed by atoms with Crippen LogP contribution in [-0.2, 0) is 13.0 Å². The number of nitrogens with zero attached hydrogens (tertiary/aromatic N) is 2. The Kier molecular flexibility index (Phi) is 4.05. The van der Waals surface area contributed by atoms with Gasteiger partial charge in [-0.3, -0.25) is 14.8 Å². The lowest BCUT2D eigenvalue weighted by Crippen LogP contribution is -2.28. The highest BCUT2D eigenvalue weighted by molar-refractivity contribution is 5.99. The van der Waals surface area contributed by atoms with Gasteiger partial charge < -0.3 is 9.32 Å². The van der Waals surface area contributed by atoms with Crippen LogP contribution in [0, 0.1) is 6.92 Å². The summed E-state index contributed by atoms with van der Waals surface area (Å²) < 4.78 is 5.18. The number of nitrogens with one attached hydrogen (secondary N) is 1. The number of aromatic nitrogens is 2. The van der Waals surface area contributed by atoms with Gasteiger partial charge in [-0.15, -0.1) is 0 Å². The lowest BCUT2D eigenvalue weighted by atomic mass is 9.98. The van der Waals surface area contributed by atoms with Crippen molar-refractivity contribution in [1.82, 2.24) is 14.9 Å². The topological polar surface area (TPSA) is 79.2 Å². The Hall–Kier alpha value is -3.67. The maximum absolute atomic E-state index is 13.2. The Morgan fingerprint density at radius 1 is 1.07 bits per heavy atom. The minimum atomic E-state index is -0.479. The molecule has 2 aromatic carbocycles. The van der Waals surface area contributed by atoms with E-state index in [1.54, 1.807) is 6.20 Å². The maximum Gasteiger partial charge on any atom is 0.417 e. The summed E-state index contributed by atoms with van der Waals surface area (Å²) in [5.74, 6) is -0.459. The number of benzene rings is 2. The van der Waals surface area contributed by atoms with Crippen LogP contribution in [0.5, 0.6) is 0 Å². The quantitative estimate of drug-likeness (QED) is 0.580. The first-order valence-corrected chi connectivity index (χ1v) is 9.52. The molecule has 3 heterocycles. The molecule has 0 fully saturated rings. The number of hydrogen-bond donors (Lipinski definition) is 1. The van der Waals surface area contributed by atoms with Crippen molar-refractivity contribution in [3.8, 4) is 0 Å². The minimum Gasteiger partial charge on any atom is -0.408 e. The zero-order chi connectivity index (χ0) is 20.0. The number of oxazole rings is 1. The Morgan fingerprint density at radius 2 is 1.93 bits per heavy atom. The number of hydrogen-bond acceptors (Lipinski definition) is 4. The summed E-state index contributed by atoms with van der Waals surface area (Å²) in [6.45, 7) is 2.40. The van der Waals surface area contributed by atoms with Crippen LogP contribution in [-0.4, -0.2) is 20.8 Å². The molecule has 29 heavy (non-hydrogen) atoms. The average molecular weight is 385 g/mol. The van der Waals surface area contributed by atoms with E-state index in [0.29, 0.717) is 24.1 Å². The number of aromatic amines is 1. The normalized spacial score (nSPS) is 15.8. The molecular formula is C23H19N3O3. The van der Waals surface area contributed by atoms with E-state index in [2.05, 4.69) is 16.0 Å². The van der Waals surface area contributed by atoms with Crippen LogP contribution >= 0.6 is 0 Å². The van der Waals surface area contributed by atoms with Gasteiger partial charge in [0.15, 0.2) is 5.58 Å². The number of rotatable bonds is 4. The number of pyridine rings is 1. The van der Waals surface area contributed by atoms with E-state index in [9.17, 15) is 9.59 Å². The molecule has 0 bridgehead atoms. The first kappa shape index (κ1) is 17.4. The highest BCUT2D eigenvalue weighted by atomic mass is 16.4. The van der Waals surface area contributed by atoms with Crippen molar-refractivity contribution >= 4 is 17.0 Å². The number of fused-ring (bicyclic) bond motifs is 2. The van der Waals surface area contributed by atoms with E-state index < -0.39 is 5.76 Å². The minimum absolute atomic E-state index is 0.0204. The van der Waals surface area contributed by atoms with Gasteiger partial charge in [-0.25, -0.2) is 4.79 Å². The third kappa shape index (κ3) is 3.12. The van der Waals surface area contributed by atoms with E-state index in [1.165, 1.54) is 0 Å². The monoisotopic (exact) mass is 385 g/mol. The second-order valence-electron chi connectivity index (χ2n) is 7.39. The van der Waals surface area contributed by atoms with Gasteiger partial charge >= 0.3 is 5.76 Å².